The molecule has 3 rings (SSSR count). The van der Waals surface area contributed by atoms with E-state index in [2.05, 4.69) is 5.32 Å². The first-order chi connectivity index (χ1) is 10.0. The first-order valence-corrected chi connectivity index (χ1v) is 7.09. The molecule has 1 aromatic carbocycles. The highest BCUT2D eigenvalue weighted by Crippen LogP contribution is 2.25. The van der Waals surface area contributed by atoms with Crippen LogP contribution in [0.4, 0.5) is 5.69 Å². The van der Waals surface area contributed by atoms with Gasteiger partial charge in [0.1, 0.15) is 11.5 Å². The Morgan fingerprint density at radius 1 is 1.19 bits per heavy atom. The van der Waals surface area contributed by atoms with Gasteiger partial charge in [0, 0.05) is 17.7 Å². The Bertz CT molecular complexity index is 728. The maximum atomic E-state index is 12.6. The summed E-state index contributed by atoms with van der Waals surface area (Å²) in [5.74, 6) is 1.37. The number of carbonyl (C=O) groups is 2. The number of nitrogens with one attached hydrogen (secondary N) is 1. The van der Waals surface area contributed by atoms with E-state index >= 15 is 0 Å². The highest BCUT2D eigenvalue weighted by Gasteiger charge is 2.18. The zero-order chi connectivity index (χ0) is 15.0. The molecule has 1 amide bonds. The van der Waals surface area contributed by atoms with Gasteiger partial charge in [-0.3, -0.25) is 9.59 Å². The van der Waals surface area contributed by atoms with Gasteiger partial charge in [-0.1, -0.05) is 0 Å². The van der Waals surface area contributed by atoms with Crippen LogP contribution in [0.2, 0.25) is 0 Å². The third-order valence-electron chi connectivity index (χ3n) is 3.78. The van der Waals surface area contributed by atoms with Crippen molar-refractivity contribution in [2.24, 2.45) is 0 Å². The van der Waals surface area contributed by atoms with Gasteiger partial charge in [-0.2, -0.15) is 0 Å². The molecular formula is C17H17NO3. The number of amides is 1. The van der Waals surface area contributed by atoms with Crippen LogP contribution in [0.3, 0.4) is 0 Å². The number of carbonyl (C=O) groups excluding carboxylic acids is 2. The Kier molecular flexibility index (Phi) is 3.37. The molecule has 1 aliphatic heterocycles. The van der Waals surface area contributed by atoms with Crippen LogP contribution in [0.15, 0.2) is 28.7 Å². The van der Waals surface area contributed by atoms with Gasteiger partial charge in [-0.15, -0.1) is 0 Å². The first-order valence-electron chi connectivity index (χ1n) is 7.09. The van der Waals surface area contributed by atoms with Crippen molar-refractivity contribution >= 4 is 17.4 Å². The van der Waals surface area contributed by atoms with Crippen LogP contribution in [0.1, 0.15) is 45.8 Å². The molecule has 1 aromatic heterocycles. The lowest BCUT2D eigenvalue weighted by Gasteiger charge is -2.08. The molecule has 0 radical (unpaired) electrons. The predicted octanol–water partition coefficient (Wildman–Crippen LogP) is 3.40. The van der Waals surface area contributed by atoms with E-state index < -0.39 is 0 Å². The molecule has 4 nitrogen and oxygen atoms in total. The Balaban J connectivity index is 1.97. The number of furan rings is 1. The molecule has 0 saturated carbocycles. The second kappa shape index (κ2) is 5.20. The molecule has 2 heterocycles. The van der Waals surface area contributed by atoms with Gasteiger partial charge in [0.2, 0.25) is 5.91 Å². The van der Waals surface area contributed by atoms with Gasteiger partial charge < -0.3 is 9.73 Å². The highest BCUT2D eigenvalue weighted by atomic mass is 16.3. The quantitative estimate of drug-likeness (QED) is 0.859. The van der Waals surface area contributed by atoms with Gasteiger partial charge in [-0.05, 0) is 56.5 Å². The van der Waals surface area contributed by atoms with Crippen LogP contribution in [-0.4, -0.2) is 11.7 Å². The van der Waals surface area contributed by atoms with Crippen molar-refractivity contribution in [1.29, 1.82) is 0 Å². The lowest BCUT2D eigenvalue weighted by Crippen LogP contribution is -2.09. The summed E-state index contributed by atoms with van der Waals surface area (Å²) in [7, 11) is 0. The van der Waals surface area contributed by atoms with Crippen LogP contribution in [0, 0.1) is 13.8 Å². The second-order valence-corrected chi connectivity index (χ2v) is 5.43. The average Bonchev–Trinajstić information content (AvgIpc) is 2.67. The fourth-order valence-electron chi connectivity index (χ4n) is 2.73. The molecule has 1 N–H and O–H groups in total. The zero-order valence-electron chi connectivity index (χ0n) is 12.2. The minimum atomic E-state index is -0.0391. The summed E-state index contributed by atoms with van der Waals surface area (Å²) < 4.78 is 5.43. The molecule has 108 valence electrons. The van der Waals surface area contributed by atoms with Gasteiger partial charge >= 0.3 is 0 Å². The minimum Gasteiger partial charge on any atom is -0.466 e. The van der Waals surface area contributed by atoms with Gasteiger partial charge in [0.05, 0.1) is 5.56 Å². The van der Waals surface area contributed by atoms with Crippen LogP contribution >= 0.6 is 0 Å². The topological polar surface area (TPSA) is 59.3 Å². The summed E-state index contributed by atoms with van der Waals surface area (Å²) in [5.41, 5.74) is 3.07. The molecule has 1 aliphatic rings. The molecule has 0 saturated heterocycles. The number of aryl methyl sites for hydroxylation is 3. The molecule has 21 heavy (non-hydrogen) atoms. The van der Waals surface area contributed by atoms with Gasteiger partial charge in [-0.25, -0.2) is 0 Å². The molecule has 0 fully saturated rings. The number of ketones is 1. The molecule has 4 heteroatoms. The lowest BCUT2D eigenvalue weighted by atomic mass is 9.99. The van der Waals surface area contributed by atoms with Crippen molar-refractivity contribution in [3.8, 4) is 0 Å². The van der Waals surface area contributed by atoms with Gasteiger partial charge in [0.15, 0.2) is 5.78 Å². The number of fused-ring (bicyclic) bond motifs is 1. The summed E-state index contributed by atoms with van der Waals surface area (Å²) in [6, 6.07) is 7.22. The van der Waals surface area contributed by atoms with Crippen LogP contribution in [0.25, 0.3) is 0 Å². The van der Waals surface area contributed by atoms with E-state index in [1.54, 1.807) is 19.1 Å². The van der Waals surface area contributed by atoms with E-state index in [9.17, 15) is 9.59 Å². The summed E-state index contributed by atoms with van der Waals surface area (Å²) in [5, 5.41) is 2.88. The van der Waals surface area contributed by atoms with E-state index in [1.165, 1.54) is 0 Å². The zero-order valence-corrected chi connectivity index (χ0v) is 12.2. The van der Waals surface area contributed by atoms with Crippen molar-refractivity contribution in [3.05, 3.63) is 52.5 Å². The fourth-order valence-corrected chi connectivity index (χ4v) is 2.73. The van der Waals surface area contributed by atoms with E-state index in [4.69, 9.17) is 4.42 Å². The van der Waals surface area contributed by atoms with Crippen LogP contribution in [-0.2, 0) is 11.2 Å². The predicted molar refractivity (Wildman–Crippen MR) is 79.6 cm³/mol. The summed E-state index contributed by atoms with van der Waals surface area (Å²) in [6.45, 7) is 3.63. The van der Waals surface area contributed by atoms with Gasteiger partial charge in [0.25, 0.3) is 0 Å². The second-order valence-electron chi connectivity index (χ2n) is 5.43. The Hall–Kier alpha value is -2.36. The standard InChI is InChI=1S/C17H17NO3/c1-10-8-14(11(2)21-10)17(20)13-6-7-15-12(9-13)4-3-5-16(19)18-15/h6-9H,3-5H2,1-2H3,(H,18,19). The normalized spacial score (nSPS) is 14.3. The average molecular weight is 283 g/mol. The maximum absolute atomic E-state index is 12.6. The minimum absolute atomic E-state index is 0.0362. The highest BCUT2D eigenvalue weighted by molar-refractivity contribution is 6.10. The number of rotatable bonds is 2. The Morgan fingerprint density at radius 3 is 2.71 bits per heavy atom. The number of hydrogen-bond acceptors (Lipinski definition) is 3. The van der Waals surface area contributed by atoms with Crippen molar-refractivity contribution in [2.75, 3.05) is 5.32 Å². The fraction of sp³-hybridized carbons (Fsp3) is 0.294. The first kappa shape index (κ1) is 13.6. The summed E-state index contributed by atoms with van der Waals surface area (Å²) in [6.07, 6.45) is 2.14. The summed E-state index contributed by atoms with van der Waals surface area (Å²) in [4.78, 5) is 24.1. The molecular weight excluding hydrogens is 266 g/mol. The number of anilines is 1. The van der Waals surface area contributed by atoms with Crippen molar-refractivity contribution < 1.29 is 14.0 Å². The van der Waals surface area contributed by atoms with Crippen molar-refractivity contribution in [3.63, 3.8) is 0 Å². The smallest absolute Gasteiger partial charge is 0.224 e. The van der Waals surface area contributed by atoms with Crippen molar-refractivity contribution in [2.45, 2.75) is 33.1 Å². The largest absolute Gasteiger partial charge is 0.466 e. The molecule has 0 atom stereocenters. The maximum Gasteiger partial charge on any atom is 0.224 e. The molecule has 0 spiro atoms. The Labute approximate surface area is 123 Å². The number of benzene rings is 1. The van der Waals surface area contributed by atoms with E-state index in [1.807, 2.05) is 19.1 Å². The SMILES string of the molecule is Cc1cc(C(=O)c2ccc3c(c2)CCCC(=O)N3)c(C)o1. The molecule has 0 bridgehead atoms. The third-order valence-corrected chi connectivity index (χ3v) is 3.78. The van der Waals surface area contributed by atoms with Crippen LogP contribution in [0.5, 0.6) is 0 Å². The molecule has 2 aromatic rings. The van der Waals surface area contributed by atoms with E-state index in [0.29, 0.717) is 23.3 Å². The monoisotopic (exact) mass is 283 g/mol. The summed E-state index contributed by atoms with van der Waals surface area (Å²) >= 11 is 0. The van der Waals surface area contributed by atoms with E-state index in [-0.39, 0.29) is 11.7 Å². The third kappa shape index (κ3) is 2.61. The van der Waals surface area contributed by atoms with Crippen LogP contribution < -0.4 is 5.32 Å². The molecule has 0 unspecified atom stereocenters. The molecule has 0 aliphatic carbocycles. The Morgan fingerprint density at radius 2 is 2.00 bits per heavy atom. The number of hydrogen-bond donors (Lipinski definition) is 1. The lowest BCUT2D eigenvalue weighted by molar-refractivity contribution is -0.116. The van der Waals surface area contributed by atoms with Crippen molar-refractivity contribution in [1.82, 2.24) is 0 Å². The van der Waals surface area contributed by atoms with E-state index in [0.717, 1.165) is 29.9 Å².